The van der Waals surface area contributed by atoms with Crippen molar-refractivity contribution in [1.29, 1.82) is 0 Å². The molecule has 2 aromatic rings. The van der Waals surface area contributed by atoms with Crippen molar-refractivity contribution < 1.29 is 9.53 Å². The summed E-state index contributed by atoms with van der Waals surface area (Å²) in [5.74, 6) is 0.641. The van der Waals surface area contributed by atoms with Gasteiger partial charge >= 0.3 is 0 Å². The lowest BCUT2D eigenvalue weighted by Crippen LogP contribution is -2.40. The van der Waals surface area contributed by atoms with E-state index in [1.165, 1.54) is 0 Å². The molecule has 1 saturated heterocycles. The lowest BCUT2D eigenvalue weighted by molar-refractivity contribution is -0.134. The number of likely N-dealkylation sites (tertiary alicyclic amines) is 1. The lowest BCUT2D eigenvalue weighted by Gasteiger charge is -2.24. The summed E-state index contributed by atoms with van der Waals surface area (Å²) in [4.78, 5) is 18.2. The molecule has 0 saturated carbocycles. The fourth-order valence-corrected chi connectivity index (χ4v) is 2.64. The molecule has 1 atom stereocenters. The van der Waals surface area contributed by atoms with Gasteiger partial charge in [0.2, 0.25) is 0 Å². The second kappa shape index (κ2) is 6.39. The van der Waals surface area contributed by atoms with Crippen LogP contribution in [0.5, 0.6) is 5.75 Å². The molecule has 1 amide bonds. The van der Waals surface area contributed by atoms with Gasteiger partial charge in [0.05, 0.1) is 18.8 Å². The average molecular weight is 286 g/mol. The largest absolute Gasteiger partial charge is 0.482 e. The third-order valence-corrected chi connectivity index (χ3v) is 3.65. The molecule has 1 fully saturated rings. The van der Waals surface area contributed by atoms with E-state index in [0.29, 0.717) is 5.75 Å². The summed E-state index contributed by atoms with van der Waals surface area (Å²) in [6, 6.07) is 5.68. The molecular formula is C15H18N4O2. The highest BCUT2D eigenvalue weighted by Gasteiger charge is 2.29. The van der Waals surface area contributed by atoms with E-state index in [-0.39, 0.29) is 18.6 Å². The maximum atomic E-state index is 12.3. The topological polar surface area (TPSA) is 60.2 Å². The van der Waals surface area contributed by atoms with Crippen LogP contribution < -0.4 is 4.74 Å². The molecule has 1 aliphatic heterocycles. The van der Waals surface area contributed by atoms with E-state index < -0.39 is 0 Å². The van der Waals surface area contributed by atoms with Gasteiger partial charge in [-0.25, -0.2) is 0 Å². The fraction of sp³-hybridized carbons (Fsp3) is 0.400. The normalized spacial score (nSPS) is 17.9. The van der Waals surface area contributed by atoms with Gasteiger partial charge in [0.25, 0.3) is 5.91 Å². The summed E-state index contributed by atoms with van der Waals surface area (Å²) in [6.45, 7) is 1.59. The van der Waals surface area contributed by atoms with Crippen LogP contribution in [0.2, 0.25) is 0 Å². The van der Waals surface area contributed by atoms with Gasteiger partial charge in [0.1, 0.15) is 5.75 Å². The molecule has 6 nitrogen and oxygen atoms in total. The van der Waals surface area contributed by atoms with Crippen molar-refractivity contribution in [2.45, 2.75) is 25.4 Å². The maximum Gasteiger partial charge on any atom is 0.260 e. The Balaban J connectivity index is 1.55. The molecule has 0 radical (unpaired) electrons. The highest BCUT2D eigenvalue weighted by atomic mass is 16.5. The number of nitrogens with zero attached hydrogens (tertiary/aromatic N) is 4. The van der Waals surface area contributed by atoms with Crippen LogP contribution in [0.15, 0.2) is 43.0 Å². The molecule has 21 heavy (non-hydrogen) atoms. The number of ether oxygens (including phenoxy) is 1. The summed E-state index contributed by atoms with van der Waals surface area (Å²) in [5, 5.41) is 4.21. The molecule has 3 rings (SSSR count). The highest BCUT2D eigenvalue weighted by molar-refractivity contribution is 5.78. The molecule has 0 N–H and O–H groups in total. The number of pyridine rings is 1. The zero-order valence-corrected chi connectivity index (χ0v) is 11.8. The van der Waals surface area contributed by atoms with Gasteiger partial charge in [-0.2, -0.15) is 5.10 Å². The van der Waals surface area contributed by atoms with E-state index in [1.807, 2.05) is 21.8 Å². The maximum absolute atomic E-state index is 12.3. The Morgan fingerprint density at radius 3 is 3.10 bits per heavy atom. The zero-order chi connectivity index (χ0) is 14.5. The van der Waals surface area contributed by atoms with Gasteiger partial charge in [0.15, 0.2) is 6.61 Å². The molecule has 0 bridgehead atoms. The van der Waals surface area contributed by atoms with Crippen molar-refractivity contribution >= 4 is 5.91 Å². The Morgan fingerprint density at radius 1 is 1.38 bits per heavy atom. The second-order valence-electron chi connectivity index (χ2n) is 5.09. The van der Waals surface area contributed by atoms with Crippen LogP contribution in [0.3, 0.4) is 0 Å². The van der Waals surface area contributed by atoms with E-state index in [4.69, 9.17) is 4.74 Å². The number of rotatable bonds is 5. The Morgan fingerprint density at radius 2 is 2.33 bits per heavy atom. The highest BCUT2D eigenvalue weighted by Crippen LogP contribution is 2.19. The minimum absolute atomic E-state index is 0.0218. The number of carbonyl (C=O) groups excluding carboxylic acids is 1. The summed E-state index contributed by atoms with van der Waals surface area (Å²) < 4.78 is 7.36. The molecular weight excluding hydrogens is 268 g/mol. The van der Waals surface area contributed by atoms with Crippen LogP contribution in [0.25, 0.3) is 0 Å². The third kappa shape index (κ3) is 3.39. The Hall–Kier alpha value is -2.37. The third-order valence-electron chi connectivity index (χ3n) is 3.65. The van der Waals surface area contributed by atoms with Crippen molar-refractivity contribution in [3.8, 4) is 5.75 Å². The van der Waals surface area contributed by atoms with Crippen LogP contribution >= 0.6 is 0 Å². The SMILES string of the molecule is O=C(COc1cccnc1)N1CCC[C@H]1Cn1cccn1. The Kier molecular flexibility index (Phi) is 4.14. The zero-order valence-electron chi connectivity index (χ0n) is 11.8. The van der Waals surface area contributed by atoms with Crippen molar-refractivity contribution in [3.05, 3.63) is 43.0 Å². The predicted molar refractivity (Wildman–Crippen MR) is 76.7 cm³/mol. The van der Waals surface area contributed by atoms with Crippen LogP contribution in [0.1, 0.15) is 12.8 Å². The minimum Gasteiger partial charge on any atom is -0.482 e. The van der Waals surface area contributed by atoms with E-state index in [1.54, 1.807) is 30.7 Å². The second-order valence-corrected chi connectivity index (χ2v) is 5.09. The van der Waals surface area contributed by atoms with Gasteiger partial charge in [0, 0.05) is 25.1 Å². The summed E-state index contributed by atoms with van der Waals surface area (Å²) in [6.07, 6.45) is 9.01. The number of carbonyl (C=O) groups is 1. The molecule has 6 heteroatoms. The molecule has 0 aromatic carbocycles. The van der Waals surface area contributed by atoms with Crippen molar-refractivity contribution in [3.63, 3.8) is 0 Å². The molecule has 110 valence electrons. The monoisotopic (exact) mass is 286 g/mol. The molecule has 1 aliphatic rings. The Labute approximate surface area is 123 Å². The first-order chi connectivity index (χ1) is 10.3. The fourth-order valence-electron chi connectivity index (χ4n) is 2.64. The first kappa shape index (κ1) is 13.6. The van der Waals surface area contributed by atoms with Crippen LogP contribution in [-0.2, 0) is 11.3 Å². The molecule has 0 spiro atoms. The smallest absolute Gasteiger partial charge is 0.260 e. The molecule has 3 heterocycles. The van der Waals surface area contributed by atoms with E-state index in [0.717, 1.165) is 25.9 Å². The van der Waals surface area contributed by atoms with Crippen molar-refractivity contribution in [2.75, 3.05) is 13.2 Å². The van der Waals surface area contributed by atoms with Gasteiger partial charge < -0.3 is 9.64 Å². The molecule has 0 aliphatic carbocycles. The van der Waals surface area contributed by atoms with Gasteiger partial charge in [-0.1, -0.05) is 0 Å². The van der Waals surface area contributed by atoms with Crippen molar-refractivity contribution in [1.82, 2.24) is 19.7 Å². The van der Waals surface area contributed by atoms with Crippen LogP contribution in [0, 0.1) is 0 Å². The van der Waals surface area contributed by atoms with Gasteiger partial charge in [-0.3, -0.25) is 14.5 Å². The van der Waals surface area contributed by atoms with Crippen LogP contribution in [-0.4, -0.2) is 44.8 Å². The van der Waals surface area contributed by atoms with Gasteiger partial charge in [-0.05, 0) is 31.0 Å². The molecule has 2 aromatic heterocycles. The summed E-state index contributed by atoms with van der Waals surface area (Å²) in [5.41, 5.74) is 0. The molecule has 0 unspecified atom stereocenters. The van der Waals surface area contributed by atoms with Crippen molar-refractivity contribution in [2.24, 2.45) is 0 Å². The first-order valence-corrected chi connectivity index (χ1v) is 7.12. The quantitative estimate of drug-likeness (QED) is 0.832. The first-order valence-electron chi connectivity index (χ1n) is 7.12. The predicted octanol–water partition coefficient (Wildman–Crippen LogP) is 1.35. The van der Waals surface area contributed by atoms with Crippen LogP contribution in [0.4, 0.5) is 0 Å². The minimum atomic E-state index is 0.0218. The number of hydrogen-bond acceptors (Lipinski definition) is 4. The number of hydrogen-bond donors (Lipinski definition) is 0. The summed E-state index contributed by atoms with van der Waals surface area (Å²) in [7, 11) is 0. The average Bonchev–Trinajstić information content (AvgIpc) is 3.18. The van der Waals surface area contributed by atoms with E-state index in [9.17, 15) is 4.79 Å². The number of aromatic nitrogens is 3. The summed E-state index contributed by atoms with van der Waals surface area (Å²) >= 11 is 0. The van der Waals surface area contributed by atoms with Gasteiger partial charge in [-0.15, -0.1) is 0 Å². The lowest BCUT2D eigenvalue weighted by atomic mass is 10.2. The number of amides is 1. The standard InChI is InChI=1S/C15H18N4O2/c20-15(12-21-14-5-1-6-16-10-14)19-9-2-4-13(19)11-18-8-3-7-17-18/h1,3,5-8,10,13H,2,4,9,11-12H2/t13-/m0/s1. The van der Waals surface area contributed by atoms with E-state index in [2.05, 4.69) is 10.1 Å². The Bertz CT molecular complexity index is 571. The van der Waals surface area contributed by atoms with E-state index >= 15 is 0 Å².